The van der Waals surface area contributed by atoms with Gasteiger partial charge < -0.3 is 15.0 Å². The molecule has 1 aliphatic rings. The van der Waals surface area contributed by atoms with Gasteiger partial charge in [-0.3, -0.25) is 9.59 Å². The molecule has 6 heteroatoms. The first-order chi connectivity index (χ1) is 8.66. The summed E-state index contributed by atoms with van der Waals surface area (Å²) in [6, 6.07) is 3.57. The highest BCUT2D eigenvalue weighted by Gasteiger charge is 2.25. The molecule has 18 heavy (non-hydrogen) atoms. The molecule has 1 aromatic rings. The van der Waals surface area contributed by atoms with E-state index in [0.717, 1.165) is 6.54 Å². The van der Waals surface area contributed by atoms with Crippen LogP contribution in [-0.4, -0.2) is 56.0 Å². The Hall–Kier alpha value is -1.24. The number of hydrogen-bond acceptors (Lipinski definition) is 5. The van der Waals surface area contributed by atoms with Gasteiger partial charge in [0.15, 0.2) is 5.78 Å². The third-order valence-electron chi connectivity index (χ3n) is 2.78. The minimum atomic E-state index is -0.472. The van der Waals surface area contributed by atoms with Gasteiger partial charge in [0.05, 0.1) is 18.0 Å². The Morgan fingerprint density at radius 3 is 3.11 bits per heavy atom. The van der Waals surface area contributed by atoms with Crippen LogP contribution < -0.4 is 5.32 Å². The number of ether oxygens (including phenoxy) is 1. The second-order valence-electron chi connectivity index (χ2n) is 4.24. The molecule has 0 spiro atoms. The molecule has 1 fully saturated rings. The first kappa shape index (κ1) is 13.2. The van der Waals surface area contributed by atoms with Crippen LogP contribution in [0.25, 0.3) is 0 Å². The molecule has 2 rings (SSSR count). The Morgan fingerprint density at radius 1 is 1.61 bits per heavy atom. The molecule has 1 atom stereocenters. The molecule has 98 valence electrons. The third-order valence-corrected chi connectivity index (χ3v) is 3.69. The highest BCUT2D eigenvalue weighted by molar-refractivity contribution is 7.12. The summed E-state index contributed by atoms with van der Waals surface area (Å²) < 4.78 is 5.37. The van der Waals surface area contributed by atoms with E-state index in [1.54, 1.807) is 6.07 Å². The van der Waals surface area contributed by atoms with Crippen LogP contribution in [0, 0.1) is 0 Å². The smallest absolute Gasteiger partial charge is 0.250 e. The van der Waals surface area contributed by atoms with Crippen LogP contribution in [0.5, 0.6) is 0 Å². The predicted molar refractivity (Wildman–Crippen MR) is 68.9 cm³/mol. The molecule has 0 saturated carbocycles. The lowest BCUT2D eigenvalue weighted by atomic mass is 10.2. The molecule has 0 aliphatic carbocycles. The number of morpholine rings is 1. The minimum Gasteiger partial charge on any atom is -0.366 e. The summed E-state index contributed by atoms with van der Waals surface area (Å²) in [5.41, 5.74) is 0. The number of carbonyl (C=O) groups is 2. The molecule has 1 N–H and O–H groups in total. The fourth-order valence-electron chi connectivity index (χ4n) is 1.74. The van der Waals surface area contributed by atoms with Crippen LogP contribution in [0.2, 0.25) is 0 Å². The topological polar surface area (TPSA) is 58.6 Å². The summed E-state index contributed by atoms with van der Waals surface area (Å²) in [6.07, 6.45) is -0.472. The second kappa shape index (κ2) is 6.08. The van der Waals surface area contributed by atoms with Crippen LogP contribution in [0.4, 0.5) is 0 Å². The monoisotopic (exact) mass is 268 g/mol. The largest absolute Gasteiger partial charge is 0.366 e. The van der Waals surface area contributed by atoms with Crippen molar-refractivity contribution in [3.63, 3.8) is 0 Å². The van der Waals surface area contributed by atoms with Gasteiger partial charge in [-0.1, -0.05) is 6.07 Å². The van der Waals surface area contributed by atoms with Crippen LogP contribution >= 0.6 is 11.3 Å². The van der Waals surface area contributed by atoms with Gasteiger partial charge in [0.1, 0.15) is 6.10 Å². The number of likely N-dealkylation sites (N-methyl/N-ethyl adjacent to an activating group) is 1. The summed E-state index contributed by atoms with van der Waals surface area (Å²) in [5.74, 6) is -0.283. The van der Waals surface area contributed by atoms with Gasteiger partial charge in [-0.05, 0) is 18.5 Å². The summed E-state index contributed by atoms with van der Waals surface area (Å²) in [4.78, 5) is 26.2. The second-order valence-corrected chi connectivity index (χ2v) is 5.19. The quantitative estimate of drug-likeness (QED) is 0.802. The Balaban J connectivity index is 1.79. The average molecular weight is 268 g/mol. The van der Waals surface area contributed by atoms with E-state index in [1.165, 1.54) is 11.3 Å². The number of Topliss-reactive ketones (excluding diaryl/α,β-unsaturated/α-hetero) is 1. The van der Waals surface area contributed by atoms with Gasteiger partial charge in [0.25, 0.3) is 5.91 Å². The van der Waals surface area contributed by atoms with Crippen molar-refractivity contribution < 1.29 is 14.3 Å². The molecule has 1 aromatic heterocycles. The fraction of sp³-hybridized carbons (Fsp3) is 0.500. The molecular formula is C12H16N2O3S. The molecule has 0 bridgehead atoms. The Labute approximate surface area is 110 Å². The number of rotatable bonds is 4. The van der Waals surface area contributed by atoms with Gasteiger partial charge in [0.2, 0.25) is 0 Å². The van der Waals surface area contributed by atoms with Crippen LogP contribution in [0.3, 0.4) is 0 Å². The number of nitrogens with one attached hydrogen (secondary N) is 1. The number of amides is 1. The van der Waals surface area contributed by atoms with Crippen molar-refractivity contribution in [1.82, 2.24) is 10.2 Å². The van der Waals surface area contributed by atoms with Crippen molar-refractivity contribution in [2.24, 2.45) is 0 Å². The lowest BCUT2D eigenvalue weighted by Gasteiger charge is -2.28. The molecule has 5 nitrogen and oxygen atoms in total. The molecule has 0 radical (unpaired) electrons. The van der Waals surface area contributed by atoms with E-state index in [-0.39, 0.29) is 18.2 Å². The van der Waals surface area contributed by atoms with Crippen molar-refractivity contribution in [2.45, 2.75) is 6.10 Å². The van der Waals surface area contributed by atoms with Gasteiger partial charge in [-0.25, -0.2) is 0 Å². The zero-order chi connectivity index (χ0) is 13.0. The van der Waals surface area contributed by atoms with Crippen molar-refractivity contribution in [3.8, 4) is 0 Å². The van der Waals surface area contributed by atoms with Crippen molar-refractivity contribution in [2.75, 3.05) is 33.3 Å². The first-order valence-corrected chi connectivity index (χ1v) is 6.69. The van der Waals surface area contributed by atoms with Gasteiger partial charge in [-0.15, -0.1) is 11.3 Å². The maximum absolute atomic E-state index is 11.8. The summed E-state index contributed by atoms with van der Waals surface area (Å²) in [7, 11) is 1.94. The SMILES string of the molecule is CN1CCOC(C(=O)NCC(=O)c2cccs2)C1. The number of thiophene rings is 1. The van der Waals surface area contributed by atoms with E-state index >= 15 is 0 Å². The van der Waals surface area contributed by atoms with Crippen molar-refractivity contribution in [1.29, 1.82) is 0 Å². The molecule has 1 amide bonds. The van der Waals surface area contributed by atoms with E-state index in [2.05, 4.69) is 5.32 Å². The van der Waals surface area contributed by atoms with Gasteiger partial charge >= 0.3 is 0 Å². The first-order valence-electron chi connectivity index (χ1n) is 5.81. The number of ketones is 1. The van der Waals surface area contributed by atoms with Crippen LogP contribution in [-0.2, 0) is 9.53 Å². The van der Waals surface area contributed by atoms with Crippen molar-refractivity contribution in [3.05, 3.63) is 22.4 Å². The zero-order valence-corrected chi connectivity index (χ0v) is 11.0. The maximum Gasteiger partial charge on any atom is 0.250 e. The van der Waals surface area contributed by atoms with E-state index < -0.39 is 6.10 Å². The Morgan fingerprint density at radius 2 is 2.44 bits per heavy atom. The highest BCUT2D eigenvalue weighted by Crippen LogP contribution is 2.09. The lowest BCUT2D eigenvalue weighted by molar-refractivity contribution is -0.137. The Bertz CT molecular complexity index is 419. The number of carbonyl (C=O) groups excluding carboxylic acids is 2. The molecule has 2 heterocycles. The molecule has 1 saturated heterocycles. The van der Waals surface area contributed by atoms with E-state index in [1.807, 2.05) is 23.4 Å². The standard InChI is InChI=1S/C12H16N2O3S/c1-14-4-5-17-10(8-14)12(16)13-7-9(15)11-3-2-6-18-11/h2-3,6,10H,4-5,7-8H2,1H3,(H,13,16). The predicted octanol–water partition coefficient (Wildman–Crippen LogP) is 0.378. The van der Waals surface area contributed by atoms with Crippen LogP contribution in [0.15, 0.2) is 17.5 Å². The third kappa shape index (κ3) is 3.38. The van der Waals surface area contributed by atoms with Gasteiger partial charge in [-0.2, -0.15) is 0 Å². The fourth-order valence-corrected chi connectivity index (χ4v) is 2.41. The number of nitrogens with zero attached hydrogens (tertiary/aromatic N) is 1. The molecule has 0 aromatic carbocycles. The maximum atomic E-state index is 11.8. The van der Waals surface area contributed by atoms with Gasteiger partial charge in [0, 0.05) is 13.1 Å². The minimum absolute atomic E-state index is 0.0307. The van der Waals surface area contributed by atoms with E-state index in [9.17, 15) is 9.59 Å². The molecular weight excluding hydrogens is 252 g/mol. The van der Waals surface area contributed by atoms with E-state index in [4.69, 9.17) is 4.74 Å². The molecule has 1 aliphatic heterocycles. The highest BCUT2D eigenvalue weighted by atomic mass is 32.1. The lowest BCUT2D eigenvalue weighted by Crippen LogP contribution is -2.49. The number of hydrogen-bond donors (Lipinski definition) is 1. The summed E-state index contributed by atoms with van der Waals surface area (Å²) in [6.45, 7) is 1.98. The molecule has 1 unspecified atom stereocenters. The Kier molecular flexibility index (Phi) is 4.46. The van der Waals surface area contributed by atoms with Crippen molar-refractivity contribution >= 4 is 23.0 Å². The van der Waals surface area contributed by atoms with E-state index in [0.29, 0.717) is 18.0 Å². The zero-order valence-electron chi connectivity index (χ0n) is 10.2. The normalized spacial score (nSPS) is 20.6. The summed E-state index contributed by atoms with van der Waals surface area (Å²) in [5, 5.41) is 4.47. The van der Waals surface area contributed by atoms with Crippen LogP contribution in [0.1, 0.15) is 9.67 Å². The average Bonchev–Trinajstić information content (AvgIpc) is 2.89. The summed E-state index contributed by atoms with van der Waals surface area (Å²) >= 11 is 1.38.